The predicted molar refractivity (Wildman–Crippen MR) is 107 cm³/mol. The van der Waals surface area contributed by atoms with E-state index in [9.17, 15) is 23.2 Å². The summed E-state index contributed by atoms with van der Waals surface area (Å²) >= 11 is 0. The fourth-order valence-electron chi connectivity index (χ4n) is 3.49. The summed E-state index contributed by atoms with van der Waals surface area (Å²) in [4.78, 5) is 42.1. The molecule has 11 heteroatoms. The number of anilines is 1. The molecule has 1 aliphatic rings. The van der Waals surface area contributed by atoms with Crippen LogP contribution in [0.15, 0.2) is 47.3 Å². The predicted octanol–water partition coefficient (Wildman–Crippen LogP) is 2.06. The Morgan fingerprint density at radius 2 is 1.75 bits per heavy atom. The molecule has 0 aliphatic carbocycles. The summed E-state index contributed by atoms with van der Waals surface area (Å²) in [5.41, 5.74) is -2.39. The third-order valence-corrected chi connectivity index (χ3v) is 5.00. The number of halogens is 2. The fourth-order valence-corrected chi connectivity index (χ4v) is 3.49. The van der Waals surface area contributed by atoms with Crippen LogP contribution in [0.2, 0.25) is 0 Å². The minimum atomic E-state index is -2.03. The van der Waals surface area contributed by atoms with E-state index in [1.54, 1.807) is 0 Å². The lowest BCUT2D eigenvalue weighted by molar-refractivity contribution is -0.157. The molecule has 0 radical (unpaired) electrons. The number of hydrogen-bond donors (Lipinski definition) is 1. The van der Waals surface area contributed by atoms with Gasteiger partial charge in [0, 0.05) is 11.1 Å². The number of methoxy groups -OCH3 is 2. The van der Waals surface area contributed by atoms with Crippen LogP contribution in [0.5, 0.6) is 0 Å². The monoisotopic (exact) mass is 442 g/mol. The Hall–Kier alpha value is -4.15. The third-order valence-electron chi connectivity index (χ3n) is 5.00. The van der Waals surface area contributed by atoms with Crippen molar-refractivity contribution in [3.8, 4) is 22.6 Å². The van der Waals surface area contributed by atoms with E-state index >= 15 is 0 Å². The van der Waals surface area contributed by atoms with Gasteiger partial charge in [0.15, 0.2) is 11.5 Å². The normalized spacial score (nSPS) is 16.4. The number of nitrogens with one attached hydrogen (secondary N) is 1. The Morgan fingerprint density at radius 3 is 2.41 bits per heavy atom. The van der Waals surface area contributed by atoms with E-state index in [0.717, 1.165) is 43.2 Å². The van der Waals surface area contributed by atoms with E-state index in [1.807, 2.05) is 0 Å². The van der Waals surface area contributed by atoms with Crippen molar-refractivity contribution in [2.75, 3.05) is 19.5 Å². The van der Waals surface area contributed by atoms with Gasteiger partial charge in [-0.15, -0.1) is 0 Å². The molecule has 3 aromatic rings. The van der Waals surface area contributed by atoms with E-state index in [1.165, 1.54) is 18.2 Å². The number of hydrogen-bond acceptors (Lipinski definition) is 8. The number of aromatic nitrogens is 3. The molecule has 0 spiro atoms. The molecule has 4 rings (SSSR count). The number of rotatable bonds is 4. The Balaban J connectivity index is 2.05. The van der Waals surface area contributed by atoms with Gasteiger partial charge in [0.2, 0.25) is 5.66 Å². The van der Waals surface area contributed by atoms with Crippen LogP contribution in [0.4, 0.5) is 14.5 Å². The van der Waals surface area contributed by atoms with Crippen molar-refractivity contribution in [1.29, 1.82) is 0 Å². The summed E-state index contributed by atoms with van der Waals surface area (Å²) in [5, 5.41) is 7.11. The molecule has 32 heavy (non-hydrogen) atoms. The zero-order chi connectivity index (χ0) is 23.0. The zero-order valence-electron chi connectivity index (χ0n) is 16.9. The van der Waals surface area contributed by atoms with Crippen LogP contribution >= 0.6 is 0 Å². The van der Waals surface area contributed by atoms with Crippen LogP contribution in [0.25, 0.3) is 22.6 Å². The summed E-state index contributed by atoms with van der Waals surface area (Å²) in [5.74, 6) is -3.00. The highest BCUT2D eigenvalue weighted by Gasteiger charge is 2.50. The lowest BCUT2D eigenvalue weighted by Gasteiger charge is -2.38. The highest BCUT2D eigenvalue weighted by atomic mass is 19.1. The van der Waals surface area contributed by atoms with E-state index in [2.05, 4.69) is 15.4 Å². The van der Waals surface area contributed by atoms with Crippen molar-refractivity contribution >= 4 is 17.6 Å². The number of carbonyl (C=O) groups is 2. The standard InChI is InChI=1S/C21H16F2N4O5/c1-31-16(28)10-21(20(30)32-2)25-15-9-13(23)7-8-14(15)18-24-19(29)17(26-27(18)21)11-3-5-12(22)6-4-11/h3-9,25H,10H2,1-2H3. The van der Waals surface area contributed by atoms with Crippen molar-refractivity contribution in [2.24, 2.45) is 0 Å². The van der Waals surface area contributed by atoms with Gasteiger partial charge in [-0.1, -0.05) is 0 Å². The van der Waals surface area contributed by atoms with Crippen LogP contribution in [0, 0.1) is 11.6 Å². The molecule has 0 bridgehead atoms. The molecule has 9 nitrogen and oxygen atoms in total. The topological polar surface area (TPSA) is 112 Å². The summed E-state index contributed by atoms with van der Waals surface area (Å²) in [6, 6.07) is 8.53. The molecule has 2 heterocycles. The zero-order valence-corrected chi connectivity index (χ0v) is 16.9. The molecule has 164 valence electrons. The number of ether oxygens (including phenoxy) is 2. The van der Waals surface area contributed by atoms with Crippen LogP contribution < -0.4 is 10.9 Å². The second-order valence-electron chi connectivity index (χ2n) is 6.93. The van der Waals surface area contributed by atoms with Crippen LogP contribution in [-0.2, 0) is 24.7 Å². The first kappa shape index (κ1) is 21.1. The van der Waals surface area contributed by atoms with Gasteiger partial charge in [-0.2, -0.15) is 10.1 Å². The summed E-state index contributed by atoms with van der Waals surface area (Å²) < 4.78 is 38.0. The molecule has 0 amide bonds. The van der Waals surface area contributed by atoms with Gasteiger partial charge in [0.1, 0.15) is 18.1 Å². The Labute approximate surface area is 179 Å². The van der Waals surface area contributed by atoms with Gasteiger partial charge >= 0.3 is 11.9 Å². The number of esters is 2. The number of nitrogens with zero attached hydrogens (tertiary/aromatic N) is 3. The fraction of sp³-hybridized carbons (Fsp3) is 0.190. The molecular weight excluding hydrogens is 426 g/mol. The van der Waals surface area contributed by atoms with Gasteiger partial charge < -0.3 is 14.8 Å². The van der Waals surface area contributed by atoms with Crippen molar-refractivity contribution in [3.63, 3.8) is 0 Å². The third kappa shape index (κ3) is 3.37. The second kappa shape index (κ2) is 7.84. The van der Waals surface area contributed by atoms with Gasteiger partial charge in [0.05, 0.1) is 19.9 Å². The van der Waals surface area contributed by atoms with Gasteiger partial charge in [-0.3, -0.25) is 9.59 Å². The average Bonchev–Trinajstić information content (AvgIpc) is 2.78. The minimum Gasteiger partial charge on any atom is -0.469 e. The highest BCUT2D eigenvalue weighted by molar-refractivity contribution is 5.92. The first-order chi connectivity index (χ1) is 15.3. The maximum absolute atomic E-state index is 13.9. The Bertz CT molecular complexity index is 1290. The lowest BCUT2D eigenvalue weighted by Crippen LogP contribution is -2.55. The SMILES string of the molecule is COC(=O)CC1(C(=O)OC)Nc2cc(F)ccc2-c2nc(=O)c(-c3ccc(F)cc3)nn21. The van der Waals surface area contributed by atoms with E-state index < -0.39 is 41.2 Å². The van der Waals surface area contributed by atoms with Crippen LogP contribution in [0.1, 0.15) is 6.42 Å². The lowest BCUT2D eigenvalue weighted by atomic mass is 9.99. The molecule has 1 aliphatic heterocycles. The van der Waals surface area contributed by atoms with Crippen molar-refractivity contribution in [2.45, 2.75) is 12.1 Å². The first-order valence-electron chi connectivity index (χ1n) is 9.30. The summed E-state index contributed by atoms with van der Waals surface area (Å²) in [7, 11) is 2.23. The van der Waals surface area contributed by atoms with Crippen LogP contribution in [-0.4, -0.2) is 40.9 Å². The smallest absolute Gasteiger partial charge is 0.355 e. The molecule has 0 fully saturated rings. The van der Waals surface area contributed by atoms with E-state index in [4.69, 9.17) is 9.47 Å². The van der Waals surface area contributed by atoms with Gasteiger partial charge in [-0.05, 0) is 42.5 Å². The quantitative estimate of drug-likeness (QED) is 0.611. The highest BCUT2D eigenvalue weighted by Crippen LogP contribution is 2.39. The van der Waals surface area contributed by atoms with Crippen molar-refractivity contribution in [1.82, 2.24) is 14.8 Å². The Kier molecular flexibility index (Phi) is 5.17. The number of carbonyl (C=O) groups excluding carboxylic acids is 2. The van der Waals surface area contributed by atoms with Crippen LogP contribution in [0.3, 0.4) is 0 Å². The molecule has 1 N–H and O–H groups in total. The molecule has 2 aromatic carbocycles. The largest absolute Gasteiger partial charge is 0.469 e. The maximum Gasteiger partial charge on any atom is 0.355 e. The number of fused-ring (bicyclic) bond motifs is 3. The van der Waals surface area contributed by atoms with Gasteiger partial charge in [0.25, 0.3) is 5.56 Å². The van der Waals surface area contributed by atoms with Crippen molar-refractivity contribution in [3.05, 3.63) is 64.5 Å². The molecule has 1 atom stereocenters. The number of benzene rings is 2. The summed E-state index contributed by atoms with van der Waals surface area (Å²) in [6.45, 7) is 0. The summed E-state index contributed by atoms with van der Waals surface area (Å²) in [6.07, 6.45) is -0.612. The molecule has 0 saturated carbocycles. The van der Waals surface area contributed by atoms with E-state index in [-0.39, 0.29) is 28.3 Å². The molecule has 1 unspecified atom stereocenters. The minimum absolute atomic E-state index is 0.0936. The molecular formula is C21H16F2N4O5. The van der Waals surface area contributed by atoms with Gasteiger partial charge in [-0.25, -0.2) is 18.3 Å². The molecule has 1 aromatic heterocycles. The van der Waals surface area contributed by atoms with Crippen molar-refractivity contribution < 1.29 is 27.8 Å². The Morgan fingerprint density at radius 1 is 1.06 bits per heavy atom. The van der Waals surface area contributed by atoms with E-state index in [0.29, 0.717) is 0 Å². The average molecular weight is 442 g/mol. The molecule has 0 saturated heterocycles. The first-order valence-corrected chi connectivity index (χ1v) is 9.30. The second-order valence-corrected chi connectivity index (χ2v) is 6.93. The maximum atomic E-state index is 13.9.